The van der Waals surface area contributed by atoms with E-state index in [1.807, 2.05) is 18.2 Å². The fraction of sp³-hybridized carbons (Fsp3) is 0.545. The molecule has 1 heterocycles. The van der Waals surface area contributed by atoms with E-state index in [2.05, 4.69) is 30.8 Å². The van der Waals surface area contributed by atoms with Gasteiger partial charge < -0.3 is 10.6 Å². The fourth-order valence-corrected chi connectivity index (χ4v) is 1.55. The van der Waals surface area contributed by atoms with Gasteiger partial charge in [0, 0.05) is 13.1 Å². The van der Waals surface area contributed by atoms with Gasteiger partial charge in [-0.3, -0.25) is 0 Å². The molecule has 1 aromatic heterocycles. The molecule has 0 aliphatic rings. The van der Waals surface area contributed by atoms with Gasteiger partial charge in [0.2, 0.25) is 0 Å². The van der Waals surface area contributed by atoms with Gasteiger partial charge >= 0.3 is 0 Å². The molecule has 0 atom stereocenters. The van der Waals surface area contributed by atoms with E-state index in [1.54, 1.807) is 0 Å². The number of hydrogen-bond donors (Lipinski definition) is 1. The SMILES string of the molecule is CC(C)CN(C)Cc1cccc(N)n1. The Hall–Kier alpha value is -1.09. The van der Waals surface area contributed by atoms with Gasteiger partial charge in [-0.05, 0) is 25.1 Å². The van der Waals surface area contributed by atoms with E-state index in [0.717, 1.165) is 18.8 Å². The zero-order valence-corrected chi connectivity index (χ0v) is 9.20. The summed E-state index contributed by atoms with van der Waals surface area (Å²) >= 11 is 0. The fourth-order valence-electron chi connectivity index (χ4n) is 1.55. The highest BCUT2D eigenvalue weighted by Crippen LogP contribution is 2.05. The summed E-state index contributed by atoms with van der Waals surface area (Å²) in [4.78, 5) is 6.51. The molecule has 0 spiro atoms. The molecule has 0 aromatic carbocycles. The van der Waals surface area contributed by atoms with E-state index in [4.69, 9.17) is 5.73 Å². The minimum Gasteiger partial charge on any atom is -0.384 e. The third-order valence-corrected chi connectivity index (χ3v) is 1.94. The average Bonchev–Trinajstić information content (AvgIpc) is 2.01. The van der Waals surface area contributed by atoms with Crippen LogP contribution in [0.5, 0.6) is 0 Å². The zero-order valence-electron chi connectivity index (χ0n) is 9.20. The van der Waals surface area contributed by atoms with Crippen molar-refractivity contribution in [1.29, 1.82) is 0 Å². The summed E-state index contributed by atoms with van der Waals surface area (Å²) in [5.41, 5.74) is 6.64. The minimum atomic E-state index is 0.598. The second-order valence-corrected chi connectivity index (χ2v) is 4.14. The molecule has 0 saturated carbocycles. The monoisotopic (exact) mass is 193 g/mol. The summed E-state index contributed by atoms with van der Waals surface area (Å²) in [7, 11) is 2.10. The summed E-state index contributed by atoms with van der Waals surface area (Å²) < 4.78 is 0. The lowest BCUT2D eigenvalue weighted by Crippen LogP contribution is -2.23. The molecule has 0 bridgehead atoms. The highest BCUT2D eigenvalue weighted by atomic mass is 15.1. The number of nitrogen functional groups attached to an aromatic ring is 1. The van der Waals surface area contributed by atoms with Crippen LogP contribution < -0.4 is 5.73 Å². The zero-order chi connectivity index (χ0) is 10.6. The van der Waals surface area contributed by atoms with Crippen LogP contribution in [0.2, 0.25) is 0 Å². The van der Waals surface area contributed by atoms with Crippen LogP contribution in [-0.4, -0.2) is 23.5 Å². The standard InChI is InChI=1S/C11H19N3/c1-9(2)7-14(3)8-10-5-4-6-11(12)13-10/h4-6,9H,7-8H2,1-3H3,(H2,12,13). The van der Waals surface area contributed by atoms with Crippen molar-refractivity contribution >= 4 is 5.82 Å². The first-order valence-corrected chi connectivity index (χ1v) is 4.98. The summed E-state index contributed by atoms with van der Waals surface area (Å²) in [6, 6.07) is 5.76. The molecule has 14 heavy (non-hydrogen) atoms. The van der Waals surface area contributed by atoms with Crippen LogP contribution in [-0.2, 0) is 6.54 Å². The lowest BCUT2D eigenvalue weighted by molar-refractivity contribution is 0.285. The number of pyridine rings is 1. The molecule has 0 amide bonds. The molecular weight excluding hydrogens is 174 g/mol. The highest BCUT2D eigenvalue weighted by molar-refractivity contribution is 5.28. The number of aromatic nitrogens is 1. The Morgan fingerprint density at radius 3 is 2.71 bits per heavy atom. The van der Waals surface area contributed by atoms with Gasteiger partial charge in [0.25, 0.3) is 0 Å². The van der Waals surface area contributed by atoms with Crippen molar-refractivity contribution in [2.24, 2.45) is 5.92 Å². The molecule has 1 rings (SSSR count). The van der Waals surface area contributed by atoms with Crippen LogP contribution in [0.4, 0.5) is 5.82 Å². The molecule has 0 aliphatic heterocycles. The normalized spacial score (nSPS) is 11.2. The number of rotatable bonds is 4. The number of anilines is 1. The van der Waals surface area contributed by atoms with Crippen LogP contribution in [0.3, 0.4) is 0 Å². The van der Waals surface area contributed by atoms with Crippen molar-refractivity contribution in [3.63, 3.8) is 0 Å². The molecule has 1 aromatic rings. The van der Waals surface area contributed by atoms with E-state index in [0.29, 0.717) is 11.7 Å². The van der Waals surface area contributed by atoms with Gasteiger partial charge in [0.1, 0.15) is 5.82 Å². The molecule has 0 unspecified atom stereocenters. The quantitative estimate of drug-likeness (QED) is 0.792. The molecule has 3 nitrogen and oxygen atoms in total. The van der Waals surface area contributed by atoms with Gasteiger partial charge in [-0.15, -0.1) is 0 Å². The van der Waals surface area contributed by atoms with Crippen molar-refractivity contribution in [2.45, 2.75) is 20.4 Å². The predicted octanol–water partition coefficient (Wildman–Crippen LogP) is 1.75. The summed E-state index contributed by atoms with van der Waals surface area (Å²) in [6.45, 7) is 6.37. The van der Waals surface area contributed by atoms with Gasteiger partial charge in [-0.25, -0.2) is 4.98 Å². The second-order valence-electron chi connectivity index (χ2n) is 4.14. The maximum Gasteiger partial charge on any atom is 0.123 e. The first kappa shape index (κ1) is 11.0. The van der Waals surface area contributed by atoms with Crippen LogP contribution in [0, 0.1) is 5.92 Å². The summed E-state index contributed by atoms with van der Waals surface area (Å²) in [5, 5.41) is 0. The van der Waals surface area contributed by atoms with Crippen molar-refractivity contribution < 1.29 is 0 Å². The molecule has 0 aliphatic carbocycles. The van der Waals surface area contributed by atoms with E-state index >= 15 is 0 Å². The van der Waals surface area contributed by atoms with Crippen molar-refractivity contribution in [1.82, 2.24) is 9.88 Å². The molecule has 0 radical (unpaired) electrons. The van der Waals surface area contributed by atoms with Crippen molar-refractivity contribution in [3.8, 4) is 0 Å². The molecule has 0 saturated heterocycles. The lowest BCUT2D eigenvalue weighted by Gasteiger charge is -2.18. The number of nitrogens with two attached hydrogens (primary N) is 1. The first-order chi connectivity index (χ1) is 6.58. The maximum atomic E-state index is 5.61. The Morgan fingerprint density at radius 1 is 1.43 bits per heavy atom. The highest BCUT2D eigenvalue weighted by Gasteiger charge is 2.03. The molecule has 3 heteroatoms. The van der Waals surface area contributed by atoms with Crippen molar-refractivity contribution in [2.75, 3.05) is 19.3 Å². The van der Waals surface area contributed by atoms with Gasteiger partial charge in [-0.2, -0.15) is 0 Å². The second kappa shape index (κ2) is 4.96. The third-order valence-electron chi connectivity index (χ3n) is 1.94. The van der Waals surface area contributed by atoms with E-state index < -0.39 is 0 Å². The van der Waals surface area contributed by atoms with Crippen LogP contribution in [0.1, 0.15) is 19.5 Å². The average molecular weight is 193 g/mol. The van der Waals surface area contributed by atoms with Gasteiger partial charge in [0.05, 0.1) is 5.69 Å². The smallest absolute Gasteiger partial charge is 0.123 e. The van der Waals surface area contributed by atoms with E-state index in [-0.39, 0.29) is 0 Å². The topological polar surface area (TPSA) is 42.1 Å². The molecule has 2 N–H and O–H groups in total. The maximum absolute atomic E-state index is 5.61. The largest absolute Gasteiger partial charge is 0.384 e. The van der Waals surface area contributed by atoms with E-state index in [1.165, 1.54) is 0 Å². The van der Waals surface area contributed by atoms with Crippen LogP contribution in [0.15, 0.2) is 18.2 Å². The number of hydrogen-bond acceptors (Lipinski definition) is 3. The number of nitrogens with zero attached hydrogens (tertiary/aromatic N) is 2. The Kier molecular flexibility index (Phi) is 3.89. The molecule has 78 valence electrons. The molecular formula is C11H19N3. The first-order valence-electron chi connectivity index (χ1n) is 4.98. The predicted molar refractivity (Wildman–Crippen MR) is 59.8 cm³/mol. The van der Waals surface area contributed by atoms with Crippen LogP contribution >= 0.6 is 0 Å². The Morgan fingerprint density at radius 2 is 2.14 bits per heavy atom. The molecule has 0 fully saturated rings. The van der Waals surface area contributed by atoms with Gasteiger partial charge in [-0.1, -0.05) is 19.9 Å². The Bertz CT molecular complexity index is 284. The Balaban J connectivity index is 2.51. The lowest BCUT2D eigenvalue weighted by atomic mass is 10.2. The minimum absolute atomic E-state index is 0.598. The van der Waals surface area contributed by atoms with Crippen LogP contribution in [0.25, 0.3) is 0 Å². The van der Waals surface area contributed by atoms with Crippen molar-refractivity contribution in [3.05, 3.63) is 23.9 Å². The summed E-state index contributed by atoms with van der Waals surface area (Å²) in [6.07, 6.45) is 0. The summed E-state index contributed by atoms with van der Waals surface area (Å²) in [5.74, 6) is 1.28. The Labute approximate surface area is 85.9 Å². The third kappa shape index (κ3) is 3.75. The van der Waals surface area contributed by atoms with Gasteiger partial charge in [0.15, 0.2) is 0 Å². The van der Waals surface area contributed by atoms with E-state index in [9.17, 15) is 0 Å².